The van der Waals surface area contributed by atoms with Gasteiger partial charge in [0.15, 0.2) is 5.17 Å². The van der Waals surface area contributed by atoms with Crippen molar-refractivity contribution in [2.75, 3.05) is 5.75 Å². The number of amides is 1. The zero-order valence-corrected chi connectivity index (χ0v) is 15.5. The number of thioether (sulfide) groups is 1. The number of hydrogen-bond donors (Lipinski definition) is 1. The molecule has 0 bridgehead atoms. The molecule has 2 aromatic carbocycles. The van der Waals surface area contributed by atoms with Gasteiger partial charge in [-0.15, -0.1) is 5.10 Å². The average molecular weight is 407 g/mol. The minimum atomic E-state index is -0.436. The van der Waals surface area contributed by atoms with Crippen molar-refractivity contribution in [3.05, 3.63) is 63.2 Å². The number of carbonyl (C=O) groups is 1. The summed E-state index contributed by atoms with van der Waals surface area (Å²) in [4.78, 5) is 23.4. The first-order valence-corrected chi connectivity index (χ1v) is 9.45. The summed E-state index contributed by atoms with van der Waals surface area (Å²) in [6, 6.07) is 11.9. The van der Waals surface area contributed by atoms with Crippen LogP contribution >= 0.6 is 35.1 Å². The molecule has 1 fully saturated rings. The predicted molar refractivity (Wildman–Crippen MR) is 104 cm³/mol. The standard InChI is InChI=1S/C16H11ClN4O3S2/c17-11-2-4-12(5-3-11)26-14-6-1-10(7-13(14)21(23)24)8-18-20-16-19-15(22)9-25-16/h1-8H,9H2,(H,19,20,22). The largest absolute Gasteiger partial charge is 0.303 e. The number of nitro groups is 1. The summed E-state index contributed by atoms with van der Waals surface area (Å²) in [5.74, 6) is 0.194. The van der Waals surface area contributed by atoms with Crippen LogP contribution < -0.4 is 5.32 Å². The van der Waals surface area contributed by atoms with Crippen molar-refractivity contribution in [3.8, 4) is 0 Å². The molecule has 132 valence electrons. The van der Waals surface area contributed by atoms with Gasteiger partial charge in [-0.05, 0) is 30.3 Å². The maximum Gasteiger partial charge on any atom is 0.283 e. The second kappa shape index (κ2) is 8.35. The Morgan fingerprint density at radius 2 is 2.04 bits per heavy atom. The van der Waals surface area contributed by atoms with Gasteiger partial charge in [0.25, 0.3) is 5.69 Å². The highest BCUT2D eigenvalue weighted by molar-refractivity contribution is 8.15. The molecule has 10 heteroatoms. The van der Waals surface area contributed by atoms with Gasteiger partial charge in [0, 0.05) is 21.5 Å². The van der Waals surface area contributed by atoms with E-state index in [1.54, 1.807) is 36.4 Å². The minimum Gasteiger partial charge on any atom is -0.303 e. The second-order valence-corrected chi connectivity index (χ2v) is 7.54. The molecular weight excluding hydrogens is 396 g/mol. The third-order valence-electron chi connectivity index (χ3n) is 3.16. The fourth-order valence-electron chi connectivity index (χ4n) is 2.00. The van der Waals surface area contributed by atoms with Gasteiger partial charge < -0.3 is 5.32 Å². The van der Waals surface area contributed by atoms with E-state index in [0.717, 1.165) is 4.90 Å². The van der Waals surface area contributed by atoms with Crippen LogP contribution in [0.5, 0.6) is 0 Å². The Bertz CT molecular complexity index is 916. The molecule has 1 amide bonds. The molecule has 2 aromatic rings. The fraction of sp³-hybridized carbons (Fsp3) is 0.0625. The summed E-state index contributed by atoms with van der Waals surface area (Å²) in [6.07, 6.45) is 1.40. The van der Waals surface area contributed by atoms with Crippen LogP contribution in [-0.4, -0.2) is 28.0 Å². The topological polar surface area (TPSA) is 97.0 Å². The van der Waals surface area contributed by atoms with E-state index in [-0.39, 0.29) is 11.6 Å². The predicted octanol–water partition coefficient (Wildman–Crippen LogP) is 3.95. The van der Waals surface area contributed by atoms with Gasteiger partial charge in [0.1, 0.15) is 0 Å². The van der Waals surface area contributed by atoms with Gasteiger partial charge in [-0.2, -0.15) is 5.10 Å². The van der Waals surface area contributed by atoms with E-state index in [1.807, 2.05) is 0 Å². The van der Waals surface area contributed by atoms with Crippen LogP contribution in [0.3, 0.4) is 0 Å². The van der Waals surface area contributed by atoms with E-state index in [4.69, 9.17) is 11.6 Å². The van der Waals surface area contributed by atoms with Gasteiger partial charge in [0.05, 0.1) is 21.8 Å². The lowest BCUT2D eigenvalue weighted by Gasteiger charge is -2.04. The maximum absolute atomic E-state index is 11.4. The molecular formula is C16H11ClN4O3S2. The van der Waals surface area contributed by atoms with Gasteiger partial charge in [0.2, 0.25) is 5.91 Å². The molecule has 0 atom stereocenters. The lowest BCUT2D eigenvalue weighted by Crippen LogP contribution is -2.19. The number of carbonyl (C=O) groups excluding carboxylic acids is 1. The zero-order chi connectivity index (χ0) is 18.5. The van der Waals surface area contributed by atoms with Crippen molar-refractivity contribution in [1.82, 2.24) is 5.32 Å². The lowest BCUT2D eigenvalue weighted by atomic mass is 10.2. The molecule has 7 nitrogen and oxygen atoms in total. The normalized spacial score (nSPS) is 15.6. The number of hydrogen-bond acceptors (Lipinski definition) is 7. The maximum atomic E-state index is 11.4. The highest BCUT2D eigenvalue weighted by atomic mass is 35.5. The number of rotatable bonds is 5. The summed E-state index contributed by atoms with van der Waals surface area (Å²) in [5.41, 5.74) is 0.515. The minimum absolute atomic E-state index is 0.0231. The first-order chi connectivity index (χ1) is 12.5. The van der Waals surface area contributed by atoms with Crippen LogP contribution in [0.25, 0.3) is 0 Å². The zero-order valence-electron chi connectivity index (χ0n) is 13.1. The average Bonchev–Trinajstić information content (AvgIpc) is 3.03. The van der Waals surface area contributed by atoms with Crippen molar-refractivity contribution in [3.63, 3.8) is 0 Å². The van der Waals surface area contributed by atoms with E-state index < -0.39 is 4.92 Å². The van der Waals surface area contributed by atoms with Gasteiger partial charge in [-0.1, -0.05) is 41.2 Å². The molecule has 1 saturated heterocycles. The lowest BCUT2D eigenvalue weighted by molar-refractivity contribution is -0.387. The van der Waals surface area contributed by atoms with Crippen LogP contribution in [0.1, 0.15) is 5.56 Å². The molecule has 0 aromatic heterocycles. The molecule has 1 aliphatic rings. The smallest absolute Gasteiger partial charge is 0.283 e. The number of amidine groups is 1. The van der Waals surface area contributed by atoms with Crippen molar-refractivity contribution >= 4 is 58.1 Å². The van der Waals surface area contributed by atoms with Crippen LogP contribution in [0, 0.1) is 10.1 Å². The molecule has 0 spiro atoms. The first-order valence-electron chi connectivity index (χ1n) is 7.27. The molecule has 0 aliphatic carbocycles. The molecule has 1 N–H and O–H groups in total. The highest BCUT2D eigenvalue weighted by Gasteiger charge is 2.17. The van der Waals surface area contributed by atoms with Crippen LogP contribution in [-0.2, 0) is 4.79 Å². The van der Waals surface area contributed by atoms with Gasteiger partial charge in [-0.25, -0.2) is 0 Å². The molecule has 0 unspecified atom stereocenters. The molecule has 1 heterocycles. The quantitative estimate of drug-likeness (QED) is 0.460. The third-order valence-corrected chi connectivity index (χ3v) is 5.35. The Balaban J connectivity index is 1.79. The van der Waals surface area contributed by atoms with Crippen molar-refractivity contribution in [2.24, 2.45) is 10.2 Å². The van der Waals surface area contributed by atoms with Crippen LogP contribution in [0.15, 0.2) is 62.5 Å². The number of halogens is 1. The fourth-order valence-corrected chi connectivity index (χ4v) is 3.66. The molecule has 1 aliphatic heterocycles. The Kier molecular flexibility index (Phi) is 5.92. The Hall–Kier alpha value is -2.36. The summed E-state index contributed by atoms with van der Waals surface area (Å²) in [5, 5.41) is 22.7. The Labute approximate surface area is 162 Å². The number of nitrogens with one attached hydrogen (secondary N) is 1. The van der Waals surface area contributed by atoms with E-state index in [0.29, 0.717) is 26.4 Å². The van der Waals surface area contributed by atoms with E-state index in [2.05, 4.69) is 15.5 Å². The van der Waals surface area contributed by atoms with Gasteiger partial charge in [-0.3, -0.25) is 14.9 Å². The molecule has 0 radical (unpaired) electrons. The van der Waals surface area contributed by atoms with E-state index >= 15 is 0 Å². The first kappa shape index (κ1) is 18.4. The summed E-state index contributed by atoms with van der Waals surface area (Å²) >= 11 is 8.39. The third kappa shape index (κ3) is 4.84. The van der Waals surface area contributed by atoms with Gasteiger partial charge >= 0.3 is 0 Å². The summed E-state index contributed by atoms with van der Waals surface area (Å²) in [7, 11) is 0. The van der Waals surface area contributed by atoms with Crippen molar-refractivity contribution in [2.45, 2.75) is 9.79 Å². The number of nitro benzene ring substituents is 1. The molecule has 3 rings (SSSR count). The van der Waals surface area contributed by atoms with Crippen molar-refractivity contribution in [1.29, 1.82) is 0 Å². The van der Waals surface area contributed by atoms with E-state index in [9.17, 15) is 14.9 Å². The summed E-state index contributed by atoms with van der Waals surface area (Å²) < 4.78 is 0. The molecule has 0 saturated carbocycles. The summed E-state index contributed by atoms with van der Waals surface area (Å²) in [6.45, 7) is 0. The number of nitrogens with zero attached hydrogens (tertiary/aromatic N) is 3. The van der Waals surface area contributed by atoms with Crippen LogP contribution in [0.2, 0.25) is 5.02 Å². The number of benzene rings is 2. The van der Waals surface area contributed by atoms with E-state index in [1.165, 1.54) is 35.8 Å². The second-order valence-electron chi connectivity index (χ2n) is 5.03. The highest BCUT2D eigenvalue weighted by Crippen LogP contribution is 2.35. The van der Waals surface area contributed by atoms with Crippen LogP contribution in [0.4, 0.5) is 5.69 Å². The monoisotopic (exact) mass is 406 g/mol. The Morgan fingerprint density at radius 1 is 1.27 bits per heavy atom. The molecule has 26 heavy (non-hydrogen) atoms. The SMILES string of the molecule is O=C1CSC(=NN=Cc2ccc(Sc3ccc(Cl)cc3)c([N+](=O)[O-])c2)N1. The van der Waals surface area contributed by atoms with Crippen molar-refractivity contribution < 1.29 is 9.72 Å². The Morgan fingerprint density at radius 3 is 2.69 bits per heavy atom.